The molecule has 0 bridgehead atoms. The van der Waals surface area contributed by atoms with E-state index in [1.807, 2.05) is 12.1 Å². The molecule has 0 saturated carbocycles. The van der Waals surface area contributed by atoms with Gasteiger partial charge in [0.25, 0.3) is 5.91 Å². The fourth-order valence-electron chi connectivity index (χ4n) is 5.19. The van der Waals surface area contributed by atoms with Crippen molar-refractivity contribution in [3.63, 3.8) is 0 Å². The van der Waals surface area contributed by atoms with Crippen molar-refractivity contribution in [1.82, 2.24) is 14.9 Å². The molecule has 0 radical (unpaired) electrons. The molecule has 1 heterocycles. The first-order chi connectivity index (χ1) is 18.7. The number of nitrogens with one attached hydrogen (secondary N) is 1. The smallest absolute Gasteiger partial charge is 0.251 e. The molecule has 4 nitrogen and oxygen atoms in total. The Morgan fingerprint density at radius 2 is 1.26 bits per heavy atom. The lowest BCUT2D eigenvalue weighted by Crippen LogP contribution is -2.24. The first kappa shape index (κ1) is 30.2. The summed E-state index contributed by atoms with van der Waals surface area (Å²) in [5, 5.41) is 3.65. The van der Waals surface area contributed by atoms with E-state index in [4.69, 9.17) is 16.6 Å². The molecule has 0 fully saturated rings. The Morgan fingerprint density at radius 1 is 0.737 bits per heavy atom. The summed E-state index contributed by atoms with van der Waals surface area (Å²) in [6.45, 7) is 3.63. The van der Waals surface area contributed by atoms with Crippen molar-refractivity contribution in [3.8, 4) is 0 Å². The van der Waals surface area contributed by atoms with Crippen LogP contribution in [0.25, 0.3) is 11.0 Å². The zero-order valence-electron chi connectivity index (χ0n) is 23.5. The number of para-hydroxylation sites is 2. The number of carbonyl (C=O) groups is 1. The van der Waals surface area contributed by atoms with Crippen LogP contribution in [0.1, 0.15) is 126 Å². The number of benzene rings is 2. The van der Waals surface area contributed by atoms with E-state index < -0.39 is 0 Å². The van der Waals surface area contributed by atoms with E-state index in [1.165, 1.54) is 96.3 Å². The standard InChI is InChI=1S/C33H48ClN3O/c1-2-3-4-5-6-7-8-9-10-11-12-13-14-15-16-19-26-37-31-21-18-17-20-30(31)36-32(37)27-35-33(38)28-22-24-29(34)25-23-28/h17-18,20-25H,2-16,19,26-27H2,1H3,(H,35,38). The maximum Gasteiger partial charge on any atom is 0.251 e. The first-order valence-corrected chi connectivity index (χ1v) is 15.5. The molecule has 0 spiro atoms. The van der Waals surface area contributed by atoms with Crippen molar-refractivity contribution >= 4 is 28.5 Å². The number of halogens is 1. The molecule has 38 heavy (non-hydrogen) atoms. The van der Waals surface area contributed by atoms with Crippen LogP contribution in [0.2, 0.25) is 5.02 Å². The van der Waals surface area contributed by atoms with Gasteiger partial charge in [0.15, 0.2) is 0 Å². The number of aryl methyl sites for hydroxylation is 1. The summed E-state index contributed by atoms with van der Waals surface area (Å²) in [6.07, 6.45) is 21.9. The van der Waals surface area contributed by atoms with Crippen molar-refractivity contribution < 1.29 is 4.79 Å². The summed E-state index contributed by atoms with van der Waals surface area (Å²) in [7, 11) is 0. The van der Waals surface area contributed by atoms with E-state index in [0.717, 1.165) is 29.8 Å². The highest BCUT2D eigenvalue weighted by atomic mass is 35.5. The van der Waals surface area contributed by atoms with Gasteiger partial charge in [-0.2, -0.15) is 0 Å². The molecule has 3 aromatic rings. The normalized spacial score (nSPS) is 11.3. The van der Waals surface area contributed by atoms with Crippen molar-refractivity contribution in [1.29, 1.82) is 0 Å². The Labute approximate surface area is 235 Å². The zero-order valence-corrected chi connectivity index (χ0v) is 24.3. The third-order valence-corrected chi connectivity index (χ3v) is 7.73. The maximum absolute atomic E-state index is 12.6. The van der Waals surface area contributed by atoms with Gasteiger partial charge in [-0.3, -0.25) is 4.79 Å². The predicted molar refractivity (Wildman–Crippen MR) is 162 cm³/mol. The van der Waals surface area contributed by atoms with Gasteiger partial charge in [-0.15, -0.1) is 0 Å². The van der Waals surface area contributed by atoms with Crippen LogP contribution in [0.15, 0.2) is 48.5 Å². The second-order valence-corrected chi connectivity index (χ2v) is 11.1. The molecule has 0 unspecified atom stereocenters. The Morgan fingerprint density at radius 3 is 1.84 bits per heavy atom. The van der Waals surface area contributed by atoms with E-state index in [1.54, 1.807) is 24.3 Å². The van der Waals surface area contributed by atoms with Gasteiger partial charge in [-0.05, 0) is 42.8 Å². The summed E-state index contributed by atoms with van der Waals surface area (Å²) in [4.78, 5) is 17.4. The number of hydrogen-bond donors (Lipinski definition) is 1. The van der Waals surface area contributed by atoms with Crippen molar-refractivity contribution in [2.75, 3.05) is 0 Å². The van der Waals surface area contributed by atoms with E-state index in [0.29, 0.717) is 17.1 Å². The predicted octanol–water partition coefficient (Wildman–Crippen LogP) is 9.88. The average Bonchev–Trinajstić information content (AvgIpc) is 3.29. The molecule has 0 aliphatic carbocycles. The van der Waals surface area contributed by atoms with Crippen LogP contribution in [0.4, 0.5) is 0 Å². The molecule has 5 heteroatoms. The third kappa shape index (κ3) is 10.8. The summed E-state index contributed by atoms with van der Waals surface area (Å²) in [5.74, 6) is 0.803. The Hall–Kier alpha value is -2.33. The zero-order chi connectivity index (χ0) is 26.8. The number of hydrogen-bond acceptors (Lipinski definition) is 2. The Balaban J connectivity index is 1.30. The number of amides is 1. The first-order valence-electron chi connectivity index (χ1n) is 15.2. The molecule has 0 aliphatic rings. The maximum atomic E-state index is 12.6. The molecule has 1 aromatic heterocycles. The lowest BCUT2D eigenvalue weighted by molar-refractivity contribution is 0.0949. The molecular weight excluding hydrogens is 490 g/mol. The fraction of sp³-hybridized carbons (Fsp3) is 0.576. The SMILES string of the molecule is CCCCCCCCCCCCCCCCCCn1c(CNC(=O)c2ccc(Cl)cc2)nc2ccccc21. The molecule has 1 amide bonds. The number of imidazole rings is 1. The van der Waals surface area contributed by atoms with Crippen LogP contribution >= 0.6 is 11.6 Å². The number of rotatable bonds is 20. The second-order valence-electron chi connectivity index (χ2n) is 10.7. The quantitative estimate of drug-likeness (QED) is 0.146. The number of nitrogens with zero attached hydrogens (tertiary/aromatic N) is 2. The highest BCUT2D eigenvalue weighted by Gasteiger charge is 2.12. The van der Waals surface area contributed by atoms with Crippen LogP contribution in [0, 0.1) is 0 Å². The van der Waals surface area contributed by atoms with Crippen LogP contribution in [0.3, 0.4) is 0 Å². The van der Waals surface area contributed by atoms with Gasteiger partial charge >= 0.3 is 0 Å². The van der Waals surface area contributed by atoms with E-state index >= 15 is 0 Å². The number of carbonyl (C=O) groups excluding carboxylic acids is 1. The highest BCUT2D eigenvalue weighted by molar-refractivity contribution is 6.30. The van der Waals surface area contributed by atoms with Gasteiger partial charge in [0.2, 0.25) is 0 Å². The Bertz CT molecular complexity index is 1060. The summed E-state index contributed by atoms with van der Waals surface area (Å²) < 4.78 is 2.28. The molecule has 208 valence electrons. The summed E-state index contributed by atoms with van der Waals surface area (Å²) >= 11 is 5.95. The average molecular weight is 538 g/mol. The van der Waals surface area contributed by atoms with Crippen LogP contribution in [-0.2, 0) is 13.1 Å². The second kappa shape index (κ2) is 18.0. The van der Waals surface area contributed by atoms with E-state index in [2.05, 4.69) is 28.9 Å². The van der Waals surface area contributed by atoms with Gasteiger partial charge in [-0.1, -0.05) is 127 Å². The van der Waals surface area contributed by atoms with Crippen molar-refractivity contribution in [3.05, 3.63) is 64.9 Å². The van der Waals surface area contributed by atoms with Crippen molar-refractivity contribution in [2.24, 2.45) is 0 Å². The largest absolute Gasteiger partial charge is 0.345 e. The van der Waals surface area contributed by atoms with Gasteiger partial charge in [-0.25, -0.2) is 4.98 Å². The highest BCUT2D eigenvalue weighted by Crippen LogP contribution is 2.19. The number of aromatic nitrogens is 2. The lowest BCUT2D eigenvalue weighted by atomic mass is 10.0. The van der Waals surface area contributed by atoms with Crippen molar-refractivity contribution in [2.45, 2.75) is 123 Å². The monoisotopic (exact) mass is 537 g/mol. The van der Waals surface area contributed by atoms with Gasteiger partial charge in [0.05, 0.1) is 17.6 Å². The minimum Gasteiger partial charge on any atom is -0.345 e. The molecular formula is C33H48ClN3O. The van der Waals surface area contributed by atoms with Crippen LogP contribution in [0.5, 0.6) is 0 Å². The minimum absolute atomic E-state index is 0.109. The molecule has 0 saturated heterocycles. The molecule has 2 aromatic carbocycles. The minimum atomic E-state index is -0.109. The molecule has 0 atom stereocenters. The number of fused-ring (bicyclic) bond motifs is 1. The van der Waals surface area contributed by atoms with Gasteiger partial charge < -0.3 is 9.88 Å². The molecule has 3 rings (SSSR count). The molecule has 1 N–H and O–H groups in total. The fourth-order valence-corrected chi connectivity index (χ4v) is 5.32. The third-order valence-electron chi connectivity index (χ3n) is 7.48. The lowest BCUT2D eigenvalue weighted by Gasteiger charge is -2.10. The van der Waals surface area contributed by atoms with E-state index in [-0.39, 0.29) is 5.91 Å². The van der Waals surface area contributed by atoms with Gasteiger partial charge in [0, 0.05) is 17.1 Å². The van der Waals surface area contributed by atoms with Crippen LogP contribution in [-0.4, -0.2) is 15.5 Å². The van der Waals surface area contributed by atoms with Crippen LogP contribution < -0.4 is 5.32 Å². The topological polar surface area (TPSA) is 46.9 Å². The van der Waals surface area contributed by atoms with E-state index in [9.17, 15) is 4.79 Å². The Kier molecular flexibility index (Phi) is 14.3. The number of unbranched alkanes of at least 4 members (excludes halogenated alkanes) is 15. The van der Waals surface area contributed by atoms with Gasteiger partial charge in [0.1, 0.15) is 5.82 Å². The summed E-state index contributed by atoms with van der Waals surface area (Å²) in [6, 6.07) is 15.2. The molecule has 0 aliphatic heterocycles. The summed E-state index contributed by atoms with van der Waals surface area (Å²) in [5.41, 5.74) is 2.74.